The molecule has 4 nitrogen and oxygen atoms in total. The lowest BCUT2D eigenvalue weighted by Crippen LogP contribution is -2.38. The number of unbranched alkanes of at least 4 members (excludes halogenated alkanes) is 1. The molecule has 0 aliphatic carbocycles. The summed E-state index contributed by atoms with van der Waals surface area (Å²) in [5.41, 5.74) is 8.04. The average molecular weight is 381 g/mol. The topological polar surface area (TPSA) is 55.6 Å². The molecule has 1 amide bonds. The van der Waals surface area contributed by atoms with Crippen molar-refractivity contribution in [2.45, 2.75) is 38.5 Å². The molecule has 2 N–H and O–H groups in total. The first-order valence-corrected chi connectivity index (χ1v) is 10.5. The number of hydrogen-bond acceptors (Lipinski definition) is 3. The van der Waals surface area contributed by atoms with Gasteiger partial charge in [-0.15, -0.1) is 0 Å². The molecular formula is C24H32N2O2. The van der Waals surface area contributed by atoms with Crippen molar-refractivity contribution < 1.29 is 9.53 Å². The van der Waals surface area contributed by atoms with E-state index in [1.165, 1.54) is 11.1 Å². The van der Waals surface area contributed by atoms with E-state index in [1.807, 2.05) is 6.07 Å². The highest BCUT2D eigenvalue weighted by Gasteiger charge is 2.22. The van der Waals surface area contributed by atoms with E-state index in [0.717, 1.165) is 70.5 Å². The maximum atomic E-state index is 11.2. The van der Waals surface area contributed by atoms with Crippen molar-refractivity contribution in [3.63, 3.8) is 0 Å². The van der Waals surface area contributed by atoms with Gasteiger partial charge in [0, 0.05) is 5.92 Å². The Labute approximate surface area is 168 Å². The minimum atomic E-state index is -0.140. The molecule has 1 heterocycles. The van der Waals surface area contributed by atoms with Gasteiger partial charge < -0.3 is 15.4 Å². The van der Waals surface area contributed by atoms with E-state index < -0.39 is 0 Å². The number of piperidine rings is 1. The Morgan fingerprint density at radius 3 is 2.43 bits per heavy atom. The third-order valence-corrected chi connectivity index (χ3v) is 5.61. The summed E-state index contributed by atoms with van der Waals surface area (Å²) in [4.78, 5) is 13.7. The van der Waals surface area contributed by atoms with Crippen LogP contribution in [-0.4, -0.2) is 37.0 Å². The van der Waals surface area contributed by atoms with Gasteiger partial charge in [-0.3, -0.25) is 4.79 Å². The number of likely N-dealkylation sites (tertiary alicyclic amines) is 1. The summed E-state index contributed by atoms with van der Waals surface area (Å²) in [7, 11) is 0. The molecule has 1 aliphatic rings. The van der Waals surface area contributed by atoms with Crippen LogP contribution in [0.2, 0.25) is 0 Å². The van der Waals surface area contributed by atoms with Gasteiger partial charge in [-0.25, -0.2) is 0 Å². The second kappa shape index (κ2) is 10.9. The van der Waals surface area contributed by atoms with Crippen LogP contribution in [0.4, 0.5) is 0 Å². The molecule has 0 unspecified atom stereocenters. The molecule has 2 aromatic carbocycles. The molecule has 3 rings (SSSR count). The summed E-state index contributed by atoms with van der Waals surface area (Å²) in [5, 5.41) is 0. The summed E-state index contributed by atoms with van der Waals surface area (Å²) >= 11 is 0. The lowest BCUT2D eigenvalue weighted by atomic mass is 9.96. The number of benzene rings is 2. The third-order valence-electron chi connectivity index (χ3n) is 5.61. The number of carbonyl (C=O) groups excluding carboxylic acids is 1. The Balaban J connectivity index is 1.35. The first-order chi connectivity index (χ1) is 13.7. The molecule has 0 aromatic heterocycles. The number of aryl methyl sites for hydroxylation is 2. The van der Waals surface area contributed by atoms with Crippen LogP contribution in [0.15, 0.2) is 54.6 Å². The molecule has 4 heteroatoms. The van der Waals surface area contributed by atoms with Crippen LogP contribution in [0, 0.1) is 5.92 Å². The van der Waals surface area contributed by atoms with Crippen molar-refractivity contribution in [1.29, 1.82) is 0 Å². The van der Waals surface area contributed by atoms with Crippen molar-refractivity contribution in [2.75, 3.05) is 26.2 Å². The number of ether oxygens (including phenoxy) is 1. The quantitative estimate of drug-likeness (QED) is 0.638. The average Bonchev–Trinajstić information content (AvgIpc) is 2.74. The Morgan fingerprint density at radius 1 is 0.964 bits per heavy atom. The Kier molecular flexibility index (Phi) is 7.92. The monoisotopic (exact) mass is 380 g/mol. The van der Waals surface area contributed by atoms with Crippen LogP contribution in [-0.2, 0) is 17.6 Å². The maximum Gasteiger partial charge on any atom is 0.220 e. The van der Waals surface area contributed by atoms with Gasteiger partial charge in [0.25, 0.3) is 0 Å². The first kappa shape index (κ1) is 20.4. The number of hydrogen-bond donors (Lipinski definition) is 1. The molecule has 2 aromatic rings. The predicted octanol–water partition coefficient (Wildman–Crippen LogP) is 3.83. The van der Waals surface area contributed by atoms with Crippen LogP contribution in [0.25, 0.3) is 0 Å². The molecule has 1 fully saturated rings. The number of rotatable bonds is 10. The second-order valence-electron chi connectivity index (χ2n) is 7.67. The van der Waals surface area contributed by atoms with E-state index in [4.69, 9.17) is 10.5 Å². The molecule has 0 bridgehead atoms. The van der Waals surface area contributed by atoms with Gasteiger partial charge in [0.15, 0.2) is 0 Å². The van der Waals surface area contributed by atoms with E-state index in [2.05, 4.69) is 53.4 Å². The number of nitrogens with zero attached hydrogens (tertiary/aromatic N) is 1. The van der Waals surface area contributed by atoms with Gasteiger partial charge in [-0.05, 0) is 75.4 Å². The minimum absolute atomic E-state index is 0.0759. The number of nitrogens with two attached hydrogens (primary N) is 1. The molecule has 28 heavy (non-hydrogen) atoms. The van der Waals surface area contributed by atoms with Crippen molar-refractivity contribution in [1.82, 2.24) is 4.90 Å². The highest BCUT2D eigenvalue weighted by atomic mass is 16.5. The standard InChI is InChI=1S/C24H32N2O2/c25-24(27)22-14-17-26(18-15-22)16-6-7-19-28-23-11-5-4-10-21(23)13-12-20-8-2-1-3-9-20/h1-5,8-11,22H,6-7,12-19H2,(H2,25,27). The van der Waals surface area contributed by atoms with Crippen LogP contribution in [0.5, 0.6) is 5.75 Å². The highest BCUT2D eigenvalue weighted by Crippen LogP contribution is 2.21. The van der Waals surface area contributed by atoms with Crippen molar-refractivity contribution >= 4 is 5.91 Å². The normalized spacial score (nSPS) is 15.4. The minimum Gasteiger partial charge on any atom is -0.493 e. The summed E-state index contributed by atoms with van der Waals surface area (Å²) in [6.45, 7) is 3.79. The Hall–Kier alpha value is -2.33. The molecule has 0 spiro atoms. The molecular weight excluding hydrogens is 348 g/mol. The van der Waals surface area contributed by atoms with Crippen LogP contribution in [0.3, 0.4) is 0 Å². The van der Waals surface area contributed by atoms with Crippen molar-refractivity contribution in [2.24, 2.45) is 11.7 Å². The van der Waals surface area contributed by atoms with Gasteiger partial charge in [0.1, 0.15) is 5.75 Å². The molecule has 1 saturated heterocycles. The van der Waals surface area contributed by atoms with Gasteiger partial charge in [0.2, 0.25) is 5.91 Å². The first-order valence-electron chi connectivity index (χ1n) is 10.5. The fraction of sp³-hybridized carbons (Fsp3) is 0.458. The van der Waals surface area contributed by atoms with Crippen LogP contribution >= 0.6 is 0 Å². The van der Waals surface area contributed by atoms with Crippen molar-refractivity contribution in [3.05, 3.63) is 65.7 Å². The second-order valence-corrected chi connectivity index (χ2v) is 7.67. The summed E-state index contributed by atoms with van der Waals surface area (Å²) < 4.78 is 6.08. The van der Waals surface area contributed by atoms with Gasteiger partial charge in [-0.2, -0.15) is 0 Å². The fourth-order valence-electron chi connectivity index (χ4n) is 3.84. The fourth-order valence-corrected chi connectivity index (χ4v) is 3.84. The van der Waals surface area contributed by atoms with E-state index in [-0.39, 0.29) is 11.8 Å². The van der Waals surface area contributed by atoms with Gasteiger partial charge >= 0.3 is 0 Å². The van der Waals surface area contributed by atoms with Crippen LogP contribution in [0.1, 0.15) is 36.8 Å². The third kappa shape index (κ3) is 6.38. The number of para-hydroxylation sites is 1. The summed E-state index contributed by atoms with van der Waals surface area (Å²) in [6, 6.07) is 19.0. The summed E-state index contributed by atoms with van der Waals surface area (Å²) in [6.07, 6.45) is 5.99. The number of amides is 1. The zero-order valence-corrected chi connectivity index (χ0v) is 16.7. The van der Waals surface area contributed by atoms with E-state index in [1.54, 1.807) is 0 Å². The predicted molar refractivity (Wildman–Crippen MR) is 113 cm³/mol. The van der Waals surface area contributed by atoms with Crippen LogP contribution < -0.4 is 10.5 Å². The highest BCUT2D eigenvalue weighted by molar-refractivity contribution is 5.76. The zero-order chi connectivity index (χ0) is 19.6. The maximum absolute atomic E-state index is 11.2. The summed E-state index contributed by atoms with van der Waals surface area (Å²) in [5.74, 6) is 0.951. The Bertz CT molecular complexity index is 724. The zero-order valence-electron chi connectivity index (χ0n) is 16.7. The smallest absolute Gasteiger partial charge is 0.220 e. The van der Waals surface area contributed by atoms with Crippen molar-refractivity contribution in [3.8, 4) is 5.75 Å². The molecule has 150 valence electrons. The van der Waals surface area contributed by atoms with Gasteiger partial charge in [0.05, 0.1) is 6.61 Å². The molecule has 0 saturated carbocycles. The van der Waals surface area contributed by atoms with Gasteiger partial charge in [-0.1, -0.05) is 48.5 Å². The van der Waals surface area contributed by atoms with E-state index >= 15 is 0 Å². The molecule has 0 atom stereocenters. The van der Waals surface area contributed by atoms with E-state index in [9.17, 15) is 4.79 Å². The molecule has 1 aliphatic heterocycles. The Morgan fingerprint density at radius 2 is 1.68 bits per heavy atom. The lowest BCUT2D eigenvalue weighted by Gasteiger charge is -2.30. The lowest BCUT2D eigenvalue weighted by molar-refractivity contribution is -0.123. The number of carbonyl (C=O) groups is 1. The van der Waals surface area contributed by atoms with E-state index in [0.29, 0.717) is 0 Å². The SMILES string of the molecule is NC(=O)C1CCN(CCCCOc2ccccc2CCc2ccccc2)CC1. The largest absolute Gasteiger partial charge is 0.493 e. The molecule has 0 radical (unpaired) electrons. The number of primary amides is 1.